The lowest BCUT2D eigenvalue weighted by atomic mass is 10.1. The highest BCUT2D eigenvalue weighted by Crippen LogP contribution is 2.13. The first-order valence-corrected chi connectivity index (χ1v) is 9.21. The molecular weight excluding hydrogens is 302 g/mol. The van der Waals surface area contributed by atoms with Gasteiger partial charge in [-0.15, -0.1) is 0 Å². The minimum absolute atomic E-state index is 0.0211. The Morgan fingerprint density at radius 1 is 0.958 bits per heavy atom. The van der Waals surface area contributed by atoms with Crippen LogP contribution in [0.2, 0.25) is 0 Å². The van der Waals surface area contributed by atoms with Crippen molar-refractivity contribution in [2.45, 2.75) is 25.8 Å². The number of ether oxygens (including phenoxy) is 1. The van der Waals surface area contributed by atoms with Crippen molar-refractivity contribution in [1.82, 2.24) is 15.1 Å². The van der Waals surface area contributed by atoms with Gasteiger partial charge in [0.2, 0.25) is 0 Å². The van der Waals surface area contributed by atoms with Crippen LogP contribution in [0.25, 0.3) is 0 Å². The Bertz CT molecular complexity index is 506. The first-order chi connectivity index (χ1) is 11.8. The Morgan fingerprint density at radius 3 is 2.38 bits per heavy atom. The van der Waals surface area contributed by atoms with E-state index in [4.69, 9.17) is 4.74 Å². The monoisotopic (exact) mass is 331 g/mol. The Labute approximate surface area is 145 Å². The SMILES string of the molecule is O=C(NCCN1CCOCC1)c1ccc(CN2CCCCC2)cc1. The number of benzene rings is 1. The van der Waals surface area contributed by atoms with E-state index in [2.05, 4.69) is 27.2 Å². The van der Waals surface area contributed by atoms with Gasteiger partial charge in [-0.2, -0.15) is 0 Å². The molecule has 1 aromatic carbocycles. The van der Waals surface area contributed by atoms with Crippen LogP contribution in [0.5, 0.6) is 0 Å². The first kappa shape index (κ1) is 17.4. The van der Waals surface area contributed by atoms with Gasteiger partial charge in [0.25, 0.3) is 5.91 Å². The van der Waals surface area contributed by atoms with Crippen LogP contribution in [-0.4, -0.2) is 68.2 Å². The van der Waals surface area contributed by atoms with Crippen LogP contribution in [0.4, 0.5) is 0 Å². The molecule has 0 saturated carbocycles. The number of likely N-dealkylation sites (tertiary alicyclic amines) is 1. The fraction of sp³-hybridized carbons (Fsp3) is 0.632. The highest BCUT2D eigenvalue weighted by Gasteiger charge is 2.12. The zero-order valence-electron chi connectivity index (χ0n) is 14.5. The lowest BCUT2D eigenvalue weighted by molar-refractivity contribution is 0.0383. The molecule has 2 fully saturated rings. The fourth-order valence-electron chi connectivity index (χ4n) is 3.39. The summed E-state index contributed by atoms with van der Waals surface area (Å²) in [6, 6.07) is 8.07. The second-order valence-corrected chi connectivity index (χ2v) is 6.74. The maximum atomic E-state index is 12.2. The molecule has 2 saturated heterocycles. The maximum Gasteiger partial charge on any atom is 0.251 e. The summed E-state index contributed by atoms with van der Waals surface area (Å²) in [7, 11) is 0. The molecule has 132 valence electrons. The maximum absolute atomic E-state index is 12.2. The number of morpholine rings is 1. The molecule has 24 heavy (non-hydrogen) atoms. The Hall–Kier alpha value is -1.43. The van der Waals surface area contributed by atoms with Crippen molar-refractivity contribution in [3.8, 4) is 0 Å². The molecule has 2 heterocycles. The molecule has 0 bridgehead atoms. The standard InChI is InChI=1S/C19H29N3O2/c23-19(20-8-11-21-12-14-24-15-13-21)18-6-4-17(5-7-18)16-22-9-2-1-3-10-22/h4-7H,1-3,8-16H2,(H,20,23). The zero-order valence-corrected chi connectivity index (χ0v) is 14.5. The third kappa shape index (κ3) is 5.30. The number of hydrogen-bond donors (Lipinski definition) is 1. The number of rotatable bonds is 6. The summed E-state index contributed by atoms with van der Waals surface area (Å²) < 4.78 is 5.33. The Morgan fingerprint density at radius 2 is 1.67 bits per heavy atom. The number of carbonyl (C=O) groups is 1. The molecule has 0 aliphatic carbocycles. The molecule has 2 aliphatic heterocycles. The summed E-state index contributed by atoms with van der Waals surface area (Å²) >= 11 is 0. The fourth-order valence-corrected chi connectivity index (χ4v) is 3.39. The van der Waals surface area contributed by atoms with Crippen molar-refractivity contribution in [3.05, 3.63) is 35.4 Å². The van der Waals surface area contributed by atoms with Crippen molar-refractivity contribution in [1.29, 1.82) is 0 Å². The number of hydrogen-bond acceptors (Lipinski definition) is 4. The van der Waals surface area contributed by atoms with Crippen LogP contribution in [0, 0.1) is 0 Å². The van der Waals surface area contributed by atoms with Gasteiger partial charge in [-0.1, -0.05) is 18.6 Å². The molecule has 0 spiro atoms. The second-order valence-electron chi connectivity index (χ2n) is 6.74. The lowest BCUT2D eigenvalue weighted by Crippen LogP contribution is -2.41. The third-order valence-electron chi connectivity index (χ3n) is 4.89. The molecule has 0 unspecified atom stereocenters. The predicted molar refractivity (Wildman–Crippen MR) is 95.2 cm³/mol. The van der Waals surface area contributed by atoms with Gasteiger partial charge in [0.05, 0.1) is 13.2 Å². The molecule has 1 aromatic rings. The number of amides is 1. The van der Waals surface area contributed by atoms with Gasteiger partial charge in [0.15, 0.2) is 0 Å². The van der Waals surface area contributed by atoms with Crippen molar-refractivity contribution < 1.29 is 9.53 Å². The predicted octanol–water partition coefficient (Wildman–Crippen LogP) is 1.73. The van der Waals surface area contributed by atoms with E-state index in [0.717, 1.165) is 45.0 Å². The van der Waals surface area contributed by atoms with Gasteiger partial charge in [-0.05, 0) is 43.6 Å². The van der Waals surface area contributed by atoms with E-state index in [1.54, 1.807) is 0 Å². The van der Waals surface area contributed by atoms with Gasteiger partial charge in [0.1, 0.15) is 0 Å². The molecule has 2 aliphatic rings. The van der Waals surface area contributed by atoms with Crippen LogP contribution in [0.1, 0.15) is 35.2 Å². The van der Waals surface area contributed by atoms with Crippen LogP contribution < -0.4 is 5.32 Å². The number of piperidine rings is 1. The summed E-state index contributed by atoms with van der Waals surface area (Å²) in [5, 5.41) is 3.02. The highest BCUT2D eigenvalue weighted by atomic mass is 16.5. The highest BCUT2D eigenvalue weighted by molar-refractivity contribution is 5.94. The largest absolute Gasteiger partial charge is 0.379 e. The topological polar surface area (TPSA) is 44.8 Å². The average Bonchev–Trinajstić information content (AvgIpc) is 2.64. The van der Waals surface area contributed by atoms with Crippen LogP contribution in [0.3, 0.4) is 0 Å². The molecule has 5 heteroatoms. The van der Waals surface area contributed by atoms with Crippen molar-refractivity contribution in [2.24, 2.45) is 0 Å². The van der Waals surface area contributed by atoms with Crippen LogP contribution in [0.15, 0.2) is 24.3 Å². The van der Waals surface area contributed by atoms with Crippen LogP contribution in [-0.2, 0) is 11.3 Å². The molecule has 0 aromatic heterocycles. The van der Waals surface area contributed by atoms with E-state index in [1.807, 2.05) is 12.1 Å². The summed E-state index contributed by atoms with van der Waals surface area (Å²) in [4.78, 5) is 17.0. The summed E-state index contributed by atoms with van der Waals surface area (Å²) in [5.41, 5.74) is 2.04. The van der Waals surface area contributed by atoms with E-state index in [9.17, 15) is 4.79 Å². The minimum atomic E-state index is 0.0211. The summed E-state index contributed by atoms with van der Waals surface area (Å²) in [6.45, 7) is 8.49. The van der Waals surface area contributed by atoms with Gasteiger partial charge < -0.3 is 10.1 Å². The third-order valence-corrected chi connectivity index (χ3v) is 4.89. The molecule has 5 nitrogen and oxygen atoms in total. The first-order valence-electron chi connectivity index (χ1n) is 9.21. The van der Waals surface area contributed by atoms with E-state index >= 15 is 0 Å². The molecule has 1 amide bonds. The molecule has 0 radical (unpaired) electrons. The smallest absolute Gasteiger partial charge is 0.251 e. The van der Waals surface area contributed by atoms with Crippen molar-refractivity contribution >= 4 is 5.91 Å². The van der Waals surface area contributed by atoms with E-state index in [0.29, 0.717) is 6.54 Å². The van der Waals surface area contributed by atoms with Gasteiger partial charge >= 0.3 is 0 Å². The van der Waals surface area contributed by atoms with Gasteiger partial charge in [-0.3, -0.25) is 14.6 Å². The average molecular weight is 331 g/mol. The molecular formula is C19H29N3O2. The zero-order chi connectivity index (χ0) is 16.6. The minimum Gasteiger partial charge on any atom is -0.379 e. The van der Waals surface area contributed by atoms with E-state index < -0.39 is 0 Å². The Balaban J connectivity index is 1.41. The van der Waals surface area contributed by atoms with Crippen LogP contribution >= 0.6 is 0 Å². The normalized spacial score (nSPS) is 20.0. The van der Waals surface area contributed by atoms with Gasteiger partial charge in [-0.25, -0.2) is 0 Å². The van der Waals surface area contributed by atoms with Crippen molar-refractivity contribution in [2.75, 3.05) is 52.5 Å². The Kier molecular flexibility index (Phi) is 6.64. The molecule has 3 rings (SSSR count). The van der Waals surface area contributed by atoms with E-state index in [1.165, 1.54) is 37.9 Å². The quantitative estimate of drug-likeness (QED) is 0.862. The van der Waals surface area contributed by atoms with Gasteiger partial charge in [0, 0.05) is 38.3 Å². The number of carbonyl (C=O) groups excluding carboxylic acids is 1. The molecule has 1 N–H and O–H groups in total. The second kappa shape index (κ2) is 9.16. The van der Waals surface area contributed by atoms with Crippen molar-refractivity contribution in [3.63, 3.8) is 0 Å². The number of nitrogens with one attached hydrogen (secondary N) is 1. The molecule has 0 atom stereocenters. The summed E-state index contributed by atoms with van der Waals surface area (Å²) in [6.07, 6.45) is 3.98. The van der Waals surface area contributed by atoms with E-state index in [-0.39, 0.29) is 5.91 Å². The lowest BCUT2D eigenvalue weighted by Gasteiger charge is -2.26. The summed E-state index contributed by atoms with van der Waals surface area (Å²) in [5.74, 6) is 0.0211. The number of nitrogens with zero attached hydrogens (tertiary/aromatic N) is 2.